The van der Waals surface area contributed by atoms with Crippen LogP contribution >= 0.6 is 0 Å². The summed E-state index contributed by atoms with van der Waals surface area (Å²) in [4.78, 5) is 0. The predicted octanol–water partition coefficient (Wildman–Crippen LogP) is 8.00. The average molecular weight is 327 g/mol. The Morgan fingerprint density at radius 2 is 1.62 bits per heavy atom. The molecule has 0 aromatic rings. The van der Waals surface area contributed by atoms with E-state index in [1.807, 2.05) is 26.0 Å². The Balaban J connectivity index is 0. The first-order chi connectivity index (χ1) is 10.9. The van der Waals surface area contributed by atoms with Crippen molar-refractivity contribution in [2.45, 2.75) is 55.4 Å². The monoisotopic (exact) mass is 326 g/mol. The SMILES string of the molecule is C.C=CC(=C/C)/C(/C=C\C)=C\C(=C)C(/C=C\C(C)C(C)C)=C/CC. The van der Waals surface area contributed by atoms with Gasteiger partial charge in [0.1, 0.15) is 0 Å². The van der Waals surface area contributed by atoms with Crippen LogP contribution < -0.4 is 0 Å². The molecule has 0 saturated heterocycles. The second-order valence-corrected chi connectivity index (χ2v) is 6.10. The Bertz CT molecular complexity index is 530. The lowest BCUT2D eigenvalue weighted by atomic mass is 9.94. The van der Waals surface area contributed by atoms with Crippen molar-refractivity contribution in [2.75, 3.05) is 0 Å². The fourth-order valence-electron chi connectivity index (χ4n) is 2.08. The molecule has 0 aliphatic rings. The molecule has 134 valence electrons. The minimum absolute atomic E-state index is 0. The topological polar surface area (TPSA) is 0 Å². The zero-order valence-corrected chi connectivity index (χ0v) is 15.9. The fourth-order valence-corrected chi connectivity index (χ4v) is 2.08. The van der Waals surface area contributed by atoms with Crippen molar-refractivity contribution < 1.29 is 0 Å². The molecule has 0 N–H and O–H groups in total. The van der Waals surface area contributed by atoms with Gasteiger partial charge in [0.05, 0.1) is 0 Å². The van der Waals surface area contributed by atoms with Crippen LogP contribution in [0.25, 0.3) is 0 Å². The normalized spacial score (nSPS) is 15.0. The second kappa shape index (κ2) is 13.6. The zero-order valence-electron chi connectivity index (χ0n) is 15.9. The van der Waals surface area contributed by atoms with E-state index in [0.717, 1.165) is 23.1 Å². The average Bonchev–Trinajstić information content (AvgIpc) is 2.52. The molecule has 0 heteroatoms. The number of hydrogen-bond acceptors (Lipinski definition) is 0. The molecule has 0 nitrogen and oxygen atoms in total. The van der Waals surface area contributed by atoms with Gasteiger partial charge in [-0.15, -0.1) is 0 Å². The molecule has 0 rings (SSSR count). The summed E-state index contributed by atoms with van der Waals surface area (Å²) in [6.45, 7) is 21.1. The van der Waals surface area contributed by atoms with Gasteiger partial charge in [0.15, 0.2) is 0 Å². The van der Waals surface area contributed by atoms with Gasteiger partial charge < -0.3 is 0 Å². The first kappa shape index (κ1) is 24.4. The van der Waals surface area contributed by atoms with Crippen molar-refractivity contribution in [1.29, 1.82) is 0 Å². The van der Waals surface area contributed by atoms with E-state index in [4.69, 9.17) is 0 Å². The van der Waals surface area contributed by atoms with Gasteiger partial charge >= 0.3 is 0 Å². The van der Waals surface area contributed by atoms with Crippen molar-refractivity contribution in [1.82, 2.24) is 0 Å². The smallest absolute Gasteiger partial charge is 0.0185 e. The maximum atomic E-state index is 4.28. The van der Waals surface area contributed by atoms with E-state index in [1.54, 1.807) is 0 Å². The van der Waals surface area contributed by atoms with Crippen molar-refractivity contribution in [3.05, 3.63) is 84.1 Å². The van der Waals surface area contributed by atoms with Crippen LogP contribution in [0.3, 0.4) is 0 Å². The summed E-state index contributed by atoms with van der Waals surface area (Å²) in [6.07, 6.45) is 18.0. The maximum absolute atomic E-state index is 4.28. The minimum Gasteiger partial charge on any atom is -0.0985 e. The molecule has 0 heterocycles. The number of rotatable bonds is 9. The largest absolute Gasteiger partial charge is 0.0985 e. The molecule has 0 aromatic heterocycles. The van der Waals surface area contributed by atoms with Crippen LogP contribution in [0.4, 0.5) is 0 Å². The number of hydrogen-bond donors (Lipinski definition) is 0. The molecule has 0 aliphatic heterocycles. The van der Waals surface area contributed by atoms with Crippen LogP contribution in [0.5, 0.6) is 0 Å². The Hall–Kier alpha value is -1.82. The summed E-state index contributed by atoms with van der Waals surface area (Å²) in [7, 11) is 0. The third kappa shape index (κ3) is 8.72. The van der Waals surface area contributed by atoms with Crippen LogP contribution in [0.2, 0.25) is 0 Å². The number of allylic oxidation sites excluding steroid dienone is 12. The molecular formula is C24H38. The van der Waals surface area contributed by atoms with Gasteiger partial charge in [0.25, 0.3) is 0 Å². The van der Waals surface area contributed by atoms with E-state index in [0.29, 0.717) is 11.8 Å². The summed E-state index contributed by atoms with van der Waals surface area (Å²) >= 11 is 0. The molecule has 0 aromatic carbocycles. The predicted molar refractivity (Wildman–Crippen MR) is 114 cm³/mol. The highest BCUT2D eigenvalue weighted by Gasteiger charge is 2.04. The highest BCUT2D eigenvalue weighted by Crippen LogP contribution is 2.21. The second-order valence-electron chi connectivity index (χ2n) is 6.10. The summed E-state index contributed by atoms with van der Waals surface area (Å²) in [6, 6.07) is 0. The third-order valence-electron chi connectivity index (χ3n) is 3.97. The lowest BCUT2D eigenvalue weighted by Crippen LogP contribution is -1.99. The van der Waals surface area contributed by atoms with Crippen LogP contribution in [0.1, 0.15) is 55.4 Å². The molecule has 0 amide bonds. The maximum Gasteiger partial charge on any atom is -0.0185 e. The minimum atomic E-state index is 0. The van der Waals surface area contributed by atoms with Crippen molar-refractivity contribution >= 4 is 0 Å². The Morgan fingerprint density at radius 1 is 1.00 bits per heavy atom. The van der Waals surface area contributed by atoms with Crippen LogP contribution in [0.15, 0.2) is 84.1 Å². The molecule has 0 bridgehead atoms. The van der Waals surface area contributed by atoms with Crippen molar-refractivity contribution in [3.8, 4) is 0 Å². The molecule has 0 fully saturated rings. The highest BCUT2D eigenvalue weighted by atomic mass is 14.1. The molecular weight excluding hydrogens is 288 g/mol. The van der Waals surface area contributed by atoms with Gasteiger partial charge in [-0.2, -0.15) is 0 Å². The van der Waals surface area contributed by atoms with Crippen LogP contribution in [-0.4, -0.2) is 0 Å². The fraction of sp³-hybridized carbons (Fsp3) is 0.417. The molecule has 0 spiro atoms. The van der Waals surface area contributed by atoms with Gasteiger partial charge in [-0.1, -0.05) is 90.8 Å². The molecule has 0 aliphatic carbocycles. The quantitative estimate of drug-likeness (QED) is 0.376. The molecule has 0 radical (unpaired) electrons. The van der Waals surface area contributed by atoms with E-state index in [1.165, 1.54) is 5.57 Å². The first-order valence-corrected chi connectivity index (χ1v) is 8.62. The Morgan fingerprint density at radius 3 is 2.04 bits per heavy atom. The van der Waals surface area contributed by atoms with Gasteiger partial charge in [-0.25, -0.2) is 0 Å². The third-order valence-corrected chi connectivity index (χ3v) is 3.97. The molecule has 0 saturated carbocycles. The van der Waals surface area contributed by atoms with Gasteiger partial charge in [-0.3, -0.25) is 0 Å². The van der Waals surface area contributed by atoms with Gasteiger partial charge in [-0.05, 0) is 60.5 Å². The lowest BCUT2D eigenvalue weighted by molar-refractivity contribution is 0.504. The first-order valence-electron chi connectivity index (χ1n) is 8.62. The molecule has 24 heavy (non-hydrogen) atoms. The highest BCUT2D eigenvalue weighted by molar-refractivity contribution is 5.54. The van der Waals surface area contributed by atoms with Gasteiger partial charge in [0.2, 0.25) is 0 Å². The van der Waals surface area contributed by atoms with Crippen LogP contribution in [-0.2, 0) is 0 Å². The summed E-state index contributed by atoms with van der Waals surface area (Å²) in [5, 5.41) is 0. The molecule has 1 unspecified atom stereocenters. The van der Waals surface area contributed by atoms with E-state index in [-0.39, 0.29) is 7.43 Å². The van der Waals surface area contributed by atoms with E-state index < -0.39 is 0 Å². The Labute approximate surface area is 151 Å². The van der Waals surface area contributed by atoms with Crippen LogP contribution in [0, 0.1) is 11.8 Å². The standard InChI is InChI=1S/C23H34.CH4/c1-9-13-22(16-15-19(7)18(5)6)20(8)17-23(14-10-2)21(11-3)12-4;/h10-19H,3,8-9H2,1-2,4-7H3;1H4/b14-10-,16-15-,21-12-,22-13+,23-17-;. The summed E-state index contributed by atoms with van der Waals surface area (Å²) in [5.74, 6) is 1.20. The summed E-state index contributed by atoms with van der Waals surface area (Å²) in [5.41, 5.74) is 4.50. The van der Waals surface area contributed by atoms with Crippen molar-refractivity contribution in [3.63, 3.8) is 0 Å². The lowest BCUT2D eigenvalue weighted by Gasteiger charge is -2.11. The molecule has 1 atom stereocenters. The zero-order chi connectivity index (χ0) is 17.8. The van der Waals surface area contributed by atoms with E-state index >= 15 is 0 Å². The summed E-state index contributed by atoms with van der Waals surface area (Å²) < 4.78 is 0. The van der Waals surface area contributed by atoms with E-state index in [9.17, 15) is 0 Å². The van der Waals surface area contributed by atoms with Gasteiger partial charge in [0, 0.05) is 0 Å². The Kier molecular flexibility index (Phi) is 13.8. The van der Waals surface area contributed by atoms with E-state index in [2.05, 4.69) is 77.3 Å². The van der Waals surface area contributed by atoms with Crippen molar-refractivity contribution in [2.24, 2.45) is 11.8 Å².